The first-order valence-electron chi connectivity index (χ1n) is 10.6. The zero-order chi connectivity index (χ0) is 22.2. The van der Waals surface area contributed by atoms with Crippen molar-refractivity contribution >= 4 is 5.91 Å². The number of carbonyl (C=O) groups excluding carboxylic acids is 1. The number of nitrogens with zero attached hydrogens (tertiary/aromatic N) is 2. The van der Waals surface area contributed by atoms with Crippen LogP contribution in [0.2, 0.25) is 0 Å². The first-order chi connectivity index (χ1) is 15.0. The van der Waals surface area contributed by atoms with Gasteiger partial charge < -0.3 is 23.7 Å². The summed E-state index contributed by atoms with van der Waals surface area (Å²) in [6, 6.07) is 9.13. The number of amides is 1. The minimum absolute atomic E-state index is 0.0942. The van der Waals surface area contributed by atoms with E-state index in [4.69, 9.17) is 18.4 Å². The average molecular weight is 428 g/mol. The van der Waals surface area contributed by atoms with E-state index in [0.717, 1.165) is 5.56 Å². The fourth-order valence-corrected chi connectivity index (χ4v) is 3.22. The van der Waals surface area contributed by atoms with Crippen LogP contribution in [0.3, 0.4) is 0 Å². The Morgan fingerprint density at radius 3 is 2.58 bits per heavy atom. The summed E-state index contributed by atoms with van der Waals surface area (Å²) in [5.74, 6) is 2.76. The molecule has 0 aliphatic carbocycles. The molecule has 0 spiro atoms. The van der Waals surface area contributed by atoms with Gasteiger partial charge in [0.25, 0.3) is 0 Å². The maximum atomic E-state index is 12.6. The molecule has 0 saturated heterocycles. The van der Waals surface area contributed by atoms with Gasteiger partial charge in [0.05, 0.1) is 25.5 Å². The molecule has 1 amide bonds. The van der Waals surface area contributed by atoms with Crippen LogP contribution in [0.4, 0.5) is 0 Å². The highest BCUT2D eigenvalue weighted by Crippen LogP contribution is 2.33. The molecule has 0 radical (unpaired) electrons. The highest BCUT2D eigenvalue weighted by Gasteiger charge is 2.21. The maximum Gasteiger partial charge on any atom is 0.238 e. The summed E-state index contributed by atoms with van der Waals surface area (Å²) in [6.07, 6.45) is 2.12. The minimum atomic E-state index is -0.163. The predicted molar refractivity (Wildman–Crippen MR) is 115 cm³/mol. The number of hydrogen-bond acceptors (Lipinski definition) is 7. The van der Waals surface area contributed by atoms with Gasteiger partial charge in [0.2, 0.25) is 17.6 Å². The summed E-state index contributed by atoms with van der Waals surface area (Å²) in [4.78, 5) is 16.9. The van der Waals surface area contributed by atoms with Crippen LogP contribution in [0.15, 0.2) is 45.5 Å². The number of ether oxygens (including phenoxy) is 2. The van der Waals surface area contributed by atoms with E-state index in [1.165, 1.54) is 0 Å². The topological polar surface area (TPSA) is 99.6 Å². The Bertz CT molecular complexity index is 966. The summed E-state index contributed by atoms with van der Waals surface area (Å²) >= 11 is 0. The van der Waals surface area contributed by atoms with Crippen molar-refractivity contribution in [3.05, 3.63) is 48.0 Å². The second kappa shape index (κ2) is 10.7. The molecule has 1 N–H and O–H groups in total. The second-order valence-corrected chi connectivity index (χ2v) is 7.35. The molecule has 0 aliphatic heterocycles. The third kappa shape index (κ3) is 5.87. The number of rotatable bonds is 11. The third-order valence-electron chi connectivity index (χ3n) is 4.69. The lowest BCUT2D eigenvalue weighted by Crippen LogP contribution is -2.32. The molecule has 8 nitrogen and oxygen atoms in total. The Morgan fingerprint density at radius 1 is 1.13 bits per heavy atom. The minimum Gasteiger partial charge on any atom is -0.490 e. The van der Waals surface area contributed by atoms with Gasteiger partial charge in [-0.3, -0.25) is 4.79 Å². The number of carbonyl (C=O) groups is 1. The van der Waals surface area contributed by atoms with Crippen molar-refractivity contribution < 1.29 is 23.2 Å². The van der Waals surface area contributed by atoms with Crippen molar-refractivity contribution in [2.24, 2.45) is 5.92 Å². The zero-order valence-electron chi connectivity index (χ0n) is 18.4. The third-order valence-corrected chi connectivity index (χ3v) is 4.69. The molecule has 8 heteroatoms. The summed E-state index contributed by atoms with van der Waals surface area (Å²) in [7, 11) is 0. The van der Waals surface area contributed by atoms with Crippen LogP contribution in [-0.2, 0) is 11.2 Å². The number of aryl methyl sites for hydroxylation is 1. The molecule has 31 heavy (non-hydrogen) atoms. The van der Waals surface area contributed by atoms with E-state index in [1.807, 2.05) is 32.0 Å². The summed E-state index contributed by atoms with van der Waals surface area (Å²) in [5, 5.41) is 7.00. The van der Waals surface area contributed by atoms with Gasteiger partial charge in [-0.15, -0.1) is 0 Å². The highest BCUT2D eigenvalue weighted by molar-refractivity contribution is 5.76. The van der Waals surface area contributed by atoms with E-state index in [0.29, 0.717) is 48.6 Å². The SMILES string of the molecule is CCOc1ccc([C@@H](NC(=O)CCc2nc(-c3ccco3)no2)C(C)C)cc1OCC. The van der Waals surface area contributed by atoms with Crippen molar-refractivity contribution in [1.82, 2.24) is 15.5 Å². The standard InChI is InChI=1S/C23H29N3O5/c1-5-28-17-10-9-16(14-19(17)29-6-2)22(15(3)4)24-20(27)11-12-21-25-23(26-31-21)18-8-7-13-30-18/h7-10,13-15,22H,5-6,11-12H2,1-4H3,(H,24,27)/t22-/m0/s1. The molecule has 0 aliphatic rings. The first kappa shape index (κ1) is 22.4. The molecule has 3 rings (SSSR count). The van der Waals surface area contributed by atoms with Gasteiger partial charge in [0.1, 0.15) is 0 Å². The van der Waals surface area contributed by atoms with Crippen LogP contribution >= 0.6 is 0 Å². The molecular formula is C23H29N3O5. The normalized spacial score (nSPS) is 12.0. The Balaban J connectivity index is 1.64. The van der Waals surface area contributed by atoms with Gasteiger partial charge in [0.15, 0.2) is 17.3 Å². The van der Waals surface area contributed by atoms with Gasteiger partial charge in [0, 0.05) is 12.8 Å². The van der Waals surface area contributed by atoms with Gasteiger partial charge in [-0.25, -0.2) is 0 Å². The van der Waals surface area contributed by atoms with E-state index in [-0.39, 0.29) is 24.3 Å². The Labute approximate surface area is 181 Å². The van der Waals surface area contributed by atoms with E-state index < -0.39 is 0 Å². The molecule has 1 atom stereocenters. The number of aromatic nitrogens is 2. The Kier molecular flexibility index (Phi) is 7.70. The lowest BCUT2D eigenvalue weighted by molar-refractivity contribution is -0.122. The van der Waals surface area contributed by atoms with Gasteiger partial charge >= 0.3 is 0 Å². The first-order valence-corrected chi connectivity index (χ1v) is 10.6. The van der Waals surface area contributed by atoms with E-state index in [9.17, 15) is 4.79 Å². The average Bonchev–Trinajstić information content (AvgIpc) is 3.44. The number of furan rings is 1. The van der Waals surface area contributed by atoms with Crippen molar-refractivity contribution in [2.45, 2.75) is 46.6 Å². The van der Waals surface area contributed by atoms with E-state index in [2.05, 4.69) is 29.3 Å². The number of benzene rings is 1. The van der Waals surface area contributed by atoms with Crippen LogP contribution in [0.1, 0.15) is 51.6 Å². The summed E-state index contributed by atoms with van der Waals surface area (Å²) in [5.41, 5.74) is 0.966. The molecular weight excluding hydrogens is 398 g/mol. The van der Waals surface area contributed by atoms with Crippen LogP contribution < -0.4 is 14.8 Å². The van der Waals surface area contributed by atoms with Crippen molar-refractivity contribution in [3.63, 3.8) is 0 Å². The molecule has 166 valence electrons. The van der Waals surface area contributed by atoms with Crippen molar-refractivity contribution in [1.29, 1.82) is 0 Å². The molecule has 0 fully saturated rings. The van der Waals surface area contributed by atoms with Gasteiger partial charge in [-0.2, -0.15) is 4.98 Å². The van der Waals surface area contributed by atoms with Crippen molar-refractivity contribution in [2.75, 3.05) is 13.2 Å². The highest BCUT2D eigenvalue weighted by atomic mass is 16.5. The Hall–Kier alpha value is -3.29. The fraction of sp³-hybridized carbons (Fsp3) is 0.435. The predicted octanol–water partition coefficient (Wildman–Crippen LogP) is 4.57. The molecule has 0 saturated carbocycles. The molecule has 3 aromatic rings. The smallest absolute Gasteiger partial charge is 0.238 e. The van der Waals surface area contributed by atoms with Gasteiger partial charge in [-0.1, -0.05) is 25.1 Å². The lowest BCUT2D eigenvalue weighted by Gasteiger charge is -2.24. The van der Waals surface area contributed by atoms with E-state index >= 15 is 0 Å². The van der Waals surface area contributed by atoms with E-state index in [1.54, 1.807) is 18.4 Å². The Morgan fingerprint density at radius 2 is 1.90 bits per heavy atom. The molecule has 2 aromatic heterocycles. The molecule has 2 heterocycles. The molecule has 0 bridgehead atoms. The monoisotopic (exact) mass is 427 g/mol. The summed E-state index contributed by atoms with van der Waals surface area (Å²) < 4.78 is 21.8. The fourth-order valence-electron chi connectivity index (χ4n) is 3.22. The van der Waals surface area contributed by atoms with Crippen LogP contribution in [0, 0.1) is 5.92 Å². The maximum absolute atomic E-state index is 12.6. The largest absolute Gasteiger partial charge is 0.490 e. The van der Waals surface area contributed by atoms with Crippen LogP contribution in [0.5, 0.6) is 11.5 Å². The number of nitrogens with one attached hydrogen (secondary N) is 1. The molecule has 1 aromatic carbocycles. The zero-order valence-corrected chi connectivity index (χ0v) is 18.4. The summed E-state index contributed by atoms with van der Waals surface area (Å²) in [6.45, 7) is 9.08. The van der Waals surface area contributed by atoms with Crippen LogP contribution in [0.25, 0.3) is 11.6 Å². The lowest BCUT2D eigenvalue weighted by atomic mass is 9.95. The van der Waals surface area contributed by atoms with Crippen molar-refractivity contribution in [3.8, 4) is 23.1 Å². The van der Waals surface area contributed by atoms with Gasteiger partial charge in [-0.05, 0) is 49.6 Å². The molecule has 0 unspecified atom stereocenters. The van der Waals surface area contributed by atoms with Crippen LogP contribution in [-0.4, -0.2) is 29.3 Å². The second-order valence-electron chi connectivity index (χ2n) is 7.35. The number of hydrogen-bond donors (Lipinski definition) is 1. The quantitative estimate of drug-likeness (QED) is 0.478.